The molecule has 1 heterocycles. The van der Waals surface area contributed by atoms with Gasteiger partial charge in [0.05, 0.1) is 18.4 Å². The van der Waals surface area contributed by atoms with Crippen molar-refractivity contribution in [3.05, 3.63) is 29.8 Å². The molecule has 0 atom stereocenters. The van der Waals surface area contributed by atoms with Gasteiger partial charge in [0.1, 0.15) is 0 Å². The van der Waals surface area contributed by atoms with Crippen molar-refractivity contribution in [1.82, 2.24) is 0 Å². The van der Waals surface area contributed by atoms with Crippen LogP contribution in [0, 0.1) is 0 Å². The highest BCUT2D eigenvalue weighted by molar-refractivity contribution is 5.81. The summed E-state index contributed by atoms with van der Waals surface area (Å²) in [4.78, 5) is 21.0. The molecule has 0 aromatic heterocycles. The average Bonchev–Trinajstić information content (AvgIpc) is 2.88. The molecule has 92 valence electrons. The fourth-order valence-electron chi connectivity index (χ4n) is 2.61. The van der Waals surface area contributed by atoms with Gasteiger partial charge in [-0.25, -0.2) is 4.79 Å². The largest absolute Gasteiger partial charge is 0.331 e. The predicted molar refractivity (Wildman–Crippen MR) is 70.8 cm³/mol. The number of hydrogen-bond acceptors (Lipinski definition) is 4. The first-order valence-corrected chi connectivity index (χ1v) is 6.30. The molecule has 1 aromatic rings. The number of isocyanates is 1. The smallest absolute Gasteiger partial charge is 0.235 e. The second-order valence-corrected chi connectivity index (χ2v) is 4.85. The maximum atomic E-state index is 10.6. The minimum absolute atomic E-state index is 0.311. The molecule has 0 radical (unpaired) electrons. The van der Waals surface area contributed by atoms with E-state index in [1.807, 2.05) is 12.4 Å². The average molecular weight is 241 g/mol. The van der Waals surface area contributed by atoms with Gasteiger partial charge in [0.15, 0.2) is 0 Å². The van der Waals surface area contributed by atoms with Gasteiger partial charge < -0.3 is 4.90 Å². The molecule has 3 rings (SSSR count). The Morgan fingerprint density at radius 2 is 2.28 bits per heavy atom. The van der Waals surface area contributed by atoms with Gasteiger partial charge in [0, 0.05) is 12.2 Å². The molecular formula is C14H15N3O. The molecule has 0 saturated heterocycles. The summed E-state index contributed by atoms with van der Waals surface area (Å²) in [5, 5.41) is 0. The molecule has 1 fully saturated rings. The second kappa shape index (κ2) is 4.39. The zero-order valence-corrected chi connectivity index (χ0v) is 10.2. The van der Waals surface area contributed by atoms with Crippen LogP contribution in [0.1, 0.15) is 24.8 Å². The number of anilines is 1. The Balaban J connectivity index is 1.95. The van der Waals surface area contributed by atoms with E-state index in [0.29, 0.717) is 0 Å². The summed E-state index contributed by atoms with van der Waals surface area (Å²) in [6.07, 6.45) is 6.62. The first-order chi connectivity index (χ1) is 8.84. The quantitative estimate of drug-likeness (QED) is 0.602. The van der Waals surface area contributed by atoms with E-state index in [0.717, 1.165) is 43.6 Å². The Hall–Kier alpha value is -1.93. The van der Waals surface area contributed by atoms with Gasteiger partial charge in [-0.3, -0.25) is 4.99 Å². The first kappa shape index (κ1) is 11.2. The topological polar surface area (TPSA) is 45.0 Å². The molecule has 2 aliphatic rings. The summed E-state index contributed by atoms with van der Waals surface area (Å²) >= 11 is 0. The molecule has 1 aliphatic heterocycles. The van der Waals surface area contributed by atoms with Crippen LogP contribution in [0.4, 0.5) is 5.69 Å². The van der Waals surface area contributed by atoms with Crippen LogP contribution in [0.25, 0.3) is 0 Å². The van der Waals surface area contributed by atoms with Crippen LogP contribution >= 0.6 is 0 Å². The van der Waals surface area contributed by atoms with Gasteiger partial charge in [0.2, 0.25) is 6.08 Å². The summed E-state index contributed by atoms with van der Waals surface area (Å²) in [5.74, 6) is 0. The van der Waals surface area contributed by atoms with E-state index in [-0.39, 0.29) is 5.54 Å². The van der Waals surface area contributed by atoms with E-state index < -0.39 is 0 Å². The molecule has 0 amide bonds. The van der Waals surface area contributed by atoms with Crippen LogP contribution in [-0.4, -0.2) is 25.5 Å². The minimum atomic E-state index is -0.311. The third kappa shape index (κ3) is 1.75. The Morgan fingerprint density at radius 1 is 1.39 bits per heavy atom. The molecule has 18 heavy (non-hydrogen) atoms. The van der Waals surface area contributed by atoms with Gasteiger partial charge in [-0.2, -0.15) is 4.99 Å². The summed E-state index contributed by atoms with van der Waals surface area (Å²) in [5.41, 5.74) is 1.94. The molecular weight excluding hydrogens is 226 g/mol. The molecule has 1 saturated carbocycles. The summed E-state index contributed by atoms with van der Waals surface area (Å²) < 4.78 is 0. The van der Waals surface area contributed by atoms with E-state index in [9.17, 15) is 4.79 Å². The SMILES string of the molecule is O=C=NC1(c2cccc(N3C=NCC3)c2)CCC1. The number of rotatable bonds is 3. The highest BCUT2D eigenvalue weighted by Gasteiger charge is 2.39. The lowest BCUT2D eigenvalue weighted by Crippen LogP contribution is -2.32. The maximum Gasteiger partial charge on any atom is 0.235 e. The van der Waals surface area contributed by atoms with Crippen molar-refractivity contribution < 1.29 is 4.79 Å². The van der Waals surface area contributed by atoms with E-state index in [4.69, 9.17) is 0 Å². The lowest BCUT2D eigenvalue weighted by molar-refractivity contribution is 0.256. The van der Waals surface area contributed by atoms with Crippen LogP contribution in [-0.2, 0) is 10.3 Å². The number of carbonyl (C=O) groups excluding carboxylic acids is 1. The molecule has 0 unspecified atom stereocenters. The van der Waals surface area contributed by atoms with Crippen LogP contribution in [0.2, 0.25) is 0 Å². The van der Waals surface area contributed by atoms with E-state index >= 15 is 0 Å². The number of nitrogens with zero attached hydrogens (tertiary/aromatic N) is 3. The van der Waals surface area contributed by atoms with E-state index in [1.54, 1.807) is 6.08 Å². The van der Waals surface area contributed by atoms with Crippen molar-refractivity contribution in [2.24, 2.45) is 9.98 Å². The van der Waals surface area contributed by atoms with Crippen molar-refractivity contribution >= 4 is 18.1 Å². The Bertz CT molecular complexity index is 528. The molecule has 0 spiro atoms. The van der Waals surface area contributed by atoms with Gasteiger partial charge >= 0.3 is 0 Å². The molecule has 1 aliphatic carbocycles. The molecule has 0 N–H and O–H groups in total. The number of benzene rings is 1. The fraction of sp³-hybridized carbons (Fsp3) is 0.429. The van der Waals surface area contributed by atoms with Crippen LogP contribution in [0.3, 0.4) is 0 Å². The van der Waals surface area contributed by atoms with Crippen LogP contribution in [0.5, 0.6) is 0 Å². The first-order valence-electron chi connectivity index (χ1n) is 6.30. The normalized spacial score (nSPS) is 20.3. The third-order valence-corrected chi connectivity index (χ3v) is 3.85. The van der Waals surface area contributed by atoms with Gasteiger partial charge in [-0.1, -0.05) is 12.1 Å². The van der Waals surface area contributed by atoms with Gasteiger partial charge in [-0.05, 0) is 37.0 Å². The second-order valence-electron chi connectivity index (χ2n) is 4.85. The lowest BCUT2D eigenvalue weighted by Gasteiger charge is -2.37. The van der Waals surface area contributed by atoms with E-state index in [2.05, 4.69) is 33.1 Å². The van der Waals surface area contributed by atoms with Crippen molar-refractivity contribution in [2.45, 2.75) is 24.8 Å². The molecule has 1 aromatic carbocycles. The zero-order chi connectivity index (χ0) is 12.4. The number of hydrogen-bond donors (Lipinski definition) is 0. The Kier molecular flexibility index (Phi) is 2.73. The molecule has 4 nitrogen and oxygen atoms in total. The highest BCUT2D eigenvalue weighted by atomic mass is 16.1. The standard InChI is InChI=1S/C14H15N3O/c18-11-16-14(5-2-6-14)12-3-1-4-13(9-12)17-8-7-15-10-17/h1,3-4,9-10H,2,5-8H2. The molecule has 4 heteroatoms. The Labute approximate surface area is 106 Å². The minimum Gasteiger partial charge on any atom is -0.331 e. The zero-order valence-electron chi connectivity index (χ0n) is 10.2. The summed E-state index contributed by atoms with van der Waals surface area (Å²) in [6, 6.07) is 8.27. The number of aliphatic imine (C=N–C) groups is 2. The lowest BCUT2D eigenvalue weighted by atomic mass is 9.72. The fourth-order valence-corrected chi connectivity index (χ4v) is 2.61. The predicted octanol–water partition coefficient (Wildman–Crippen LogP) is 2.25. The van der Waals surface area contributed by atoms with Gasteiger partial charge in [0.25, 0.3) is 0 Å². The maximum absolute atomic E-state index is 10.6. The Morgan fingerprint density at radius 3 is 2.89 bits per heavy atom. The third-order valence-electron chi connectivity index (χ3n) is 3.85. The van der Waals surface area contributed by atoms with Crippen molar-refractivity contribution in [2.75, 3.05) is 18.0 Å². The summed E-state index contributed by atoms with van der Waals surface area (Å²) in [6.45, 7) is 1.77. The highest BCUT2D eigenvalue weighted by Crippen LogP contribution is 2.45. The van der Waals surface area contributed by atoms with Crippen molar-refractivity contribution in [3.63, 3.8) is 0 Å². The van der Waals surface area contributed by atoms with Crippen LogP contribution in [0.15, 0.2) is 34.3 Å². The van der Waals surface area contributed by atoms with E-state index in [1.165, 1.54) is 0 Å². The van der Waals surface area contributed by atoms with Crippen LogP contribution < -0.4 is 4.90 Å². The van der Waals surface area contributed by atoms with Crippen molar-refractivity contribution in [3.8, 4) is 0 Å². The monoisotopic (exact) mass is 241 g/mol. The van der Waals surface area contributed by atoms with Gasteiger partial charge in [-0.15, -0.1) is 0 Å². The summed E-state index contributed by atoms with van der Waals surface area (Å²) in [7, 11) is 0. The molecule has 0 bridgehead atoms. The van der Waals surface area contributed by atoms with Crippen molar-refractivity contribution in [1.29, 1.82) is 0 Å².